The highest BCUT2D eigenvalue weighted by Gasteiger charge is 2.09. The van der Waals surface area contributed by atoms with Gasteiger partial charge < -0.3 is 10.1 Å². The minimum absolute atomic E-state index is 0.136. The number of methoxy groups -OCH3 is 1. The third kappa shape index (κ3) is 3.29. The molecule has 19 heavy (non-hydrogen) atoms. The van der Waals surface area contributed by atoms with Gasteiger partial charge in [0.15, 0.2) is 5.13 Å². The number of carbonyl (C=O) groups excluding carboxylic acids is 1. The summed E-state index contributed by atoms with van der Waals surface area (Å²) in [4.78, 5) is 15.4. The Hall–Kier alpha value is -1.95. The number of hydrogen-bond acceptors (Lipinski definition) is 5. The van der Waals surface area contributed by atoms with Crippen LogP contribution in [0.4, 0.5) is 15.2 Å². The van der Waals surface area contributed by atoms with Crippen LogP contribution in [0.15, 0.2) is 23.6 Å². The van der Waals surface area contributed by atoms with E-state index in [2.05, 4.69) is 15.0 Å². The van der Waals surface area contributed by atoms with E-state index in [0.717, 1.165) is 0 Å². The number of nitrogens with zero attached hydrogens (tertiary/aromatic N) is 1. The SMILES string of the molecule is COC(=O)Cc1csc(Nc2cccc(F)c2C)n1. The van der Waals surface area contributed by atoms with E-state index in [1.165, 1.54) is 24.5 Å². The zero-order valence-corrected chi connectivity index (χ0v) is 11.4. The number of ether oxygens (including phenoxy) is 1. The molecule has 0 unspecified atom stereocenters. The molecule has 0 bridgehead atoms. The van der Waals surface area contributed by atoms with Crippen molar-refractivity contribution in [2.75, 3.05) is 12.4 Å². The van der Waals surface area contributed by atoms with Crippen molar-refractivity contribution in [1.82, 2.24) is 4.98 Å². The molecular formula is C13H13FN2O2S. The molecule has 100 valence electrons. The van der Waals surface area contributed by atoms with Crippen LogP contribution in [-0.2, 0) is 16.0 Å². The number of carbonyl (C=O) groups is 1. The molecule has 0 atom stereocenters. The highest BCUT2D eigenvalue weighted by molar-refractivity contribution is 7.13. The average molecular weight is 280 g/mol. The van der Waals surface area contributed by atoms with Gasteiger partial charge in [0.25, 0.3) is 0 Å². The lowest BCUT2D eigenvalue weighted by molar-refractivity contribution is -0.139. The van der Waals surface area contributed by atoms with Gasteiger partial charge in [0.1, 0.15) is 5.82 Å². The van der Waals surface area contributed by atoms with Crippen molar-refractivity contribution in [3.8, 4) is 0 Å². The third-order valence-corrected chi connectivity index (χ3v) is 3.42. The molecule has 1 aromatic carbocycles. The predicted molar refractivity (Wildman–Crippen MR) is 72.3 cm³/mol. The summed E-state index contributed by atoms with van der Waals surface area (Å²) >= 11 is 1.36. The van der Waals surface area contributed by atoms with E-state index in [1.807, 2.05) is 0 Å². The Balaban J connectivity index is 2.11. The number of esters is 1. The first kappa shape index (κ1) is 13.5. The molecule has 0 aliphatic heterocycles. The molecule has 2 aromatic rings. The van der Waals surface area contributed by atoms with Gasteiger partial charge in [-0.15, -0.1) is 11.3 Å². The Bertz CT molecular complexity index is 598. The van der Waals surface area contributed by atoms with E-state index in [4.69, 9.17) is 0 Å². The quantitative estimate of drug-likeness (QED) is 0.875. The highest BCUT2D eigenvalue weighted by atomic mass is 32.1. The van der Waals surface area contributed by atoms with Gasteiger partial charge in [-0.1, -0.05) is 6.07 Å². The predicted octanol–water partition coefficient (Wildman–Crippen LogP) is 3.05. The van der Waals surface area contributed by atoms with E-state index >= 15 is 0 Å². The van der Waals surface area contributed by atoms with E-state index in [-0.39, 0.29) is 18.2 Å². The van der Waals surface area contributed by atoms with Crippen molar-refractivity contribution >= 4 is 28.1 Å². The second-order valence-electron chi connectivity index (χ2n) is 3.93. The zero-order chi connectivity index (χ0) is 13.8. The molecule has 0 fully saturated rings. The molecule has 0 saturated heterocycles. The Morgan fingerprint density at radius 3 is 3.05 bits per heavy atom. The van der Waals surface area contributed by atoms with E-state index in [0.29, 0.717) is 22.1 Å². The number of benzene rings is 1. The number of hydrogen-bond donors (Lipinski definition) is 1. The number of rotatable bonds is 4. The monoisotopic (exact) mass is 280 g/mol. The van der Waals surface area contributed by atoms with Gasteiger partial charge in [-0.3, -0.25) is 4.79 Å². The molecule has 0 aliphatic carbocycles. The normalized spacial score (nSPS) is 10.3. The van der Waals surface area contributed by atoms with Crippen LogP contribution in [0, 0.1) is 12.7 Å². The Kier molecular flexibility index (Phi) is 4.11. The minimum atomic E-state index is -0.334. The summed E-state index contributed by atoms with van der Waals surface area (Å²) in [6.07, 6.45) is 0.136. The Morgan fingerprint density at radius 2 is 2.32 bits per heavy atom. The topological polar surface area (TPSA) is 51.2 Å². The molecule has 0 radical (unpaired) electrons. The molecule has 0 spiro atoms. The summed E-state index contributed by atoms with van der Waals surface area (Å²) < 4.78 is 18.0. The maximum atomic E-state index is 13.4. The van der Waals surface area contributed by atoms with Crippen LogP contribution in [0.1, 0.15) is 11.3 Å². The van der Waals surface area contributed by atoms with Crippen LogP contribution in [0.25, 0.3) is 0 Å². The van der Waals surface area contributed by atoms with Crippen molar-refractivity contribution in [3.05, 3.63) is 40.7 Å². The van der Waals surface area contributed by atoms with Gasteiger partial charge in [0.05, 0.1) is 19.2 Å². The Morgan fingerprint density at radius 1 is 1.53 bits per heavy atom. The largest absolute Gasteiger partial charge is 0.469 e. The first-order valence-corrected chi connectivity index (χ1v) is 6.51. The second kappa shape index (κ2) is 5.79. The summed E-state index contributed by atoms with van der Waals surface area (Å²) in [5, 5.41) is 5.43. The number of aromatic nitrogens is 1. The summed E-state index contributed by atoms with van der Waals surface area (Å²) in [6, 6.07) is 4.82. The molecule has 0 amide bonds. The molecule has 1 N–H and O–H groups in total. The van der Waals surface area contributed by atoms with Gasteiger partial charge >= 0.3 is 5.97 Å². The lowest BCUT2D eigenvalue weighted by Gasteiger charge is -2.06. The van der Waals surface area contributed by atoms with Crippen molar-refractivity contribution in [2.45, 2.75) is 13.3 Å². The summed E-state index contributed by atoms with van der Waals surface area (Å²) in [6.45, 7) is 1.70. The van der Waals surface area contributed by atoms with Crippen molar-refractivity contribution < 1.29 is 13.9 Å². The lowest BCUT2D eigenvalue weighted by atomic mass is 10.2. The minimum Gasteiger partial charge on any atom is -0.469 e. The zero-order valence-electron chi connectivity index (χ0n) is 10.6. The van der Waals surface area contributed by atoms with Crippen LogP contribution >= 0.6 is 11.3 Å². The maximum absolute atomic E-state index is 13.4. The first-order chi connectivity index (χ1) is 9.10. The maximum Gasteiger partial charge on any atom is 0.311 e. The third-order valence-electron chi connectivity index (χ3n) is 2.61. The lowest BCUT2D eigenvalue weighted by Crippen LogP contribution is -2.04. The smallest absolute Gasteiger partial charge is 0.311 e. The average Bonchev–Trinajstić information content (AvgIpc) is 2.82. The van der Waals surface area contributed by atoms with Gasteiger partial charge in [-0.05, 0) is 19.1 Å². The number of halogens is 1. The van der Waals surface area contributed by atoms with Gasteiger partial charge in [0.2, 0.25) is 0 Å². The second-order valence-corrected chi connectivity index (χ2v) is 4.79. The molecule has 2 rings (SSSR count). The van der Waals surface area contributed by atoms with Crippen molar-refractivity contribution in [2.24, 2.45) is 0 Å². The number of anilines is 2. The molecule has 0 aliphatic rings. The van der Waals surface area contributed by atoms with Gasteiger partial charge in [0, 0.05) is 16.6 Å². The summed E-state index contributed by atoms with van der Waals surface area (Å²) in [7, 11) is 1.34. The number of thiazole rings is 1. The fourth-order valence-corrected chi connectivity index (χ4v) is 2.25. The van der Waals surface area contributed by atoms with Crippen LogP contribution in [0.5, 0.6) is 0 Å². The summed E-state index contributed by atoms with van der Waals surface area (Å²) in [5.41, 5.74) is 1.83. The standard InChI is InChI=1S/C13H13FN2O2S/c1-8-10(14)4-3-5-11(8)16-13-15-9(7-19-13)6-12(17)18-2/h3-5,7H,6H2,1-2H3,(H,15,16). The molecular weight excluding hydrogens is 267 g/mol. The number of nitrogens with one attached hydrogen (secondary N) is 1. The Labute approximate surface area is 114 Å². The fraction of sp³-hybridized carbons (Fsp3) is 0.231. The van der Waals surface area contributed by atoms with Gasteiger partial charge in [-0.25, -0.2) is 9.37 Å². The highest BCUT2D eigenvalue weighted by Crippen LogP contribution is 2.25. The van der Waals surface area contributed by atoms with Crippen LogP contribution in [0.2, 0.25) is 0 Å². The molecule has 1 heterocycles. The van der Waals surface area contributed by atoms with E-state index in [9.17, 15) is 9.18 Å². The molecule has 6 heteroatoms. The molecule has 0 saturated carbocycles. The van der Waals surface area contributed by atoms with Crippen LogP contribution < -0.4 is 5.32 Å². The van der Waals surface area contributed by atoms with Crippen molar-refractivity contribution in [3.63, 3.8) is 0 Å². The van der Waals surface area contributed by atoms with Crippen LogP contribution in [-0.4, -0.2) is 18.1 Å². The van der Waals surface area contributed by atoms with E-state index in [1.54, 1.807) is 24.4 Å². The summed E-state index contributed by atoms with van der Waals surface area (Å²) in [5.74, 6) is -0.602. The van der Waals surface area contributed by atoms with E-state index < -0.39 is 0 Å². The molecule has 1 aromatic heterocycles. The molecule has 4 nitrogen and oxygen atoms in total. The fourth-order valence-electron chi connectivity index (χ4n) is 1.52. The van der Waals surface area contributed by atoms with Gasteiger partial charge in [-0.2, -0.15) is 0 Å². The van der Waals surface area contributed by atoms with Crippen LogP contribution in [0.3, 0.4) is 0 Å². The van der Waals surface area contributed by atoms with Crippen molar-refractivity contribution in [1.29, 1.82) is 0 Å². The first-order valence-electron chi connectivity index (χ1n) is 5.63.